The Balaban J connectivity index is 0.000000169. The van der Waals surface area contributed by atoms with E-state index in [4.69, 9.17) is 14.2 Å². The Morgan fingerprint density at radius 1 is 0.410 bits per heavy atom. The predicted molar refractivity (Wildman–Crippen MR) is 437 cm³/mol. The van der Waals surface area contributed by atoms with Crippen LogP contribution in [0.3, 0.4) is 0 Å². The molecule has 2 aliphatic heterocycles. The van der Waals surface area contributed by atoms with Crippen LogP contribution in [0.15, 0.2) is 121 Å². The monoisotopic (exact) mass is 1390 g/mol. The Labute approximate surface area is 609 Å². The first kappa shape index (κ1) is 79.6. The van der Waals surface area contributed by atoms with Crippen LogP contribution in [0.5, 0.6) is 17.2 Å². The van der Waals surface area contributed by atoms with E-state index >= 15 is 0 Å². The van der Waals surface area contributed by atoms with Gasteiger partial charge in [-0.05, 0) is 263 Å². The molecule has 5 N–H and O–H groups in total. The summed E-state index contributed by atoms with van der Waals surface area (Å²) >= 11 is 3.63. The first-order valence-electron chi connectivity index (χ1n) is 37.0. The van der Waals surface area contributed by atoms with Gasteiger partial charge in [-0.15, -0.1) is 22.7 Å². The zero-order valence-corrected chi connectivity index (χ0v) is 66.7. The molecule has 6 heterocycles. The van der Waals surface area contributed by atoms with Crippen molar-refractivity contribution in [1.82, 2.24) is 19.9 Å². The average molecular weight is 1390 g/mol. The first-order valence-corrected chi connectivity index (χ1v) is 38.8. The van der Waals surface area contributed by atoms with Gasteiger partial charge in [0.05, 0.1) is 45.1 Å². The molecule has 540 valence electrons. The second kappa shape index (κ2) is 37.8. The molecule has 0 aliphatic carbocycles. The third kappa shape index (κ3) is 23.2. The van der Waals surface area contributed by atoms with Crippen LogP contribution in [0, 0.1) is 5.92 Å². The lowest BCUT2D eigenvalue weighted by molar-refractivity contribution is 0.172. The highest BCUT2D eigenvalue weighted by atomic mass is 32.1. The molecule has 14 heteroatoms. The Morgan fingerprint density at radius 3 is 1.51 bits per heavy atom. The molecule has 0 saturated heterocycles. The second-order valence-electron chi connectivity index (χ2n) is 30.6. The molecule has 12 nitrogen and oxygen atoms in total. The molecule has 2 aliphatic rings. The fourth-order valence-corrected chi connectivity index (χ4v) is 13.6. The highest BCUT2D eigenvalue weighted by molar-refractivity contribution is 7.18. The largest absolute Gasteiger partial charge is 0.491 e. The van der Waals surface area contributed by atoms with Gasteiger partial charge in [0, 0.05) is 70.0 Å². The fraction of sp³-hybridized carbons (Fsp3) is 0.488. The molecule has 0 unspecified atom stereocenters. The minimum Gasteiger partial charge on any atom is -0.491 e. The number of anilines is 5. The SMILES string of the molecule is CC(C)Cc1cc(C(C)C)cc2ncncc12.CC(C)Nc1cc(C(C)C)cc2c1OCCC2.CC(C)Nc1cc(C(C)C)cc2c1OCCO2.CC(C)Nc1cc(C(C)C)cc2ccsc12.CC(C)Nc1cc(C(C)C)cc2nccnc12.CC(C)Nc1cc(C(C)C)cc2sccc12. The Morgan fingerprint density at radius 2 is 0.890 bits per heavy atom. The number of hydrogen-bond donors (Lipinski definition) is 5. The number of thiophene rings is 2. The number of nitrogens with zero attached hydrogens (tertiary/aromatic N) is 4. The molecule has 12 rings (SSSR count). The maximum absolute atomic E-state index is 5.83. The lowest BCUT2D eigenvalue weighted by Gasteiger charge is -2.24. The van der Waals surface area contributed by atoms with Crippen LogP contribution in [0.25, 0.3) is 42.1 Å². The number of ether oxygens (including phenoxy) is 3. The number of nitrogens with one attached hydrogen (secondary N) is 5. The van der Waals surface area contributed by atoms with Crippen molar-refractivity contribution in [2.75, 3.05) is 46.4 Å². The van der Waals surface area contributed by atoms with Crippen molar-refractivity contribution >= 4 is 93.2 Å². The van der Waals surface area contributed by atoms with E-state index in [1.54, 1.807) is 18.7 Å². The summed E-state index contributed by atoms with van der Waals surface area (Å²) in [6, 6.07) is 33.4. The van der Waals surface area contributed by atoms with Gasteiger partial charge in [0.2, 0.25) is 0 Å². The van der Waals surface area contributed by atoms with Crippen molar-refractivity contribution in [3.63, 3.8) is 0 Å². The van der Waals surface area contributed by atoms with Crippen LogP contribution in [0.1, 0.15) is 253 Å². The van der Waals surface area contributed by atoms with Crippen molar-refractivity contribution < 1.29 is 14.2 Å². The van der Waals surface area contributed by atoms with E-state index in [1.165, 1.54) is 87.1 Å². The minimum atomic E-state index is 0.382. The van der Waals surface area contributed by atoms with Crippen LogP contribution in [-0.2, 0) is 12.8 Å². The number of rotatable bonds is 18. The van der Waals surface area contributed by atoms with Crippen LogP contribution >= 0.6 is 22.7 Å². The lowest BCUT2D eigenvalue weighted by Crippen LogP contribution is -2.19. The molecule has 0 spiro atoms. The highest BCUT2D eigenvalue weighted by Crippen LogP contribution is 2.42. The summed E-state index contributed by atoms with van der Waals surface area (Å²) in [6.07, 6.45) is 10.4. The predicted octanol–water partition coefficient (Wildman–Crippen LogP) is 24.6. The summed E-state index contributed by atoms with van der Waals surface area (Å²) < 4.78 is 20.0. The molecule has 0 saturated carbocycles. The van der Waals surface area contributed by atoms with E-state index in [-0.39, 0.29) is 0 Å². The summed E-state index contributed by atoms with van der Waals surface area (Å²) in [6.45, 7) is 54.8. The highest BCUT2D eigenvalue weighted by Gasteiger charge is 2.21. The third-order valence-electron chi connectivity index (χ3n) is 17.0. The molecule has 0 amide bonds. The maximum Gasteiger partial charge on any atom is 0.184 e. The number of fused-ring (bicyclic) bond motifs is 6. The van der Waals surface area contributed by atoms with E-state index in [0.29, 0.717) is 84.8 Å². The molecule has 10 aromatic rings. The van der Waals surface area contributed by atoms with Gasteiger partial charge in [-0.25, -0.2) is 9.97 Å². The van der Waals surface area contributed by atoms with E-state index in [9.17, 15) is 0 Å². The van der Waals surface area contributed by atoms with Crippen molar-refractivity contribution in [3.05, 3.63) is 165 Å². The van der Waals surface area contributed by atoms with Gasteiger partial charge in [0.25, 0.3) is 0 Å². The Bertz CT molecular complexity index is 3910. The minimum absolute atomic E-state index is 0.382. The van der Waals surface area contributed by atoms with E-state index in [1.807, 2.05) is 28.9 Å². The normalized spacial score (nSPS) is 12.6. The Kier molecular flexibility index (Phi) is 30.1. The van der Waals surface area contributed by atoms with Crippen LogP contribution < -0.4 is 40.8 Å². The van der Waals surface area contributed by atoms with E-state index in [2.05, 4.69) is 308 Å². The molecular weight excluding hydrogens is 1270 g/mol. The average Bonchev–Trinajstić information content (AvgIpc) is 1.47. The summed E-state index contributed by atoms with van der Waals surface area (Å²) in [5.74, 6) is 6.70. The van der Waals surface area contributed by atoms with Gasteiger partial charge in [0.15, 0.2) is 11.5 Å². The van der Waals surface area contributed by atoms with E-state index in [0.717, 1.165) is 71.0 Å². The van der Waals surface area contributed by atoms with Gasteiger partial charge in [-0.2, -0.15) is 0 Å². The number of aryl methyl sites for hydroxylation is 1. The number of benzene rings is 6. The van der Waals surface area contributed by atoms with Crippen molar-refractivity contribution in [1.29, 1.82) is 0 Å². The maximum atomic E-state index is 5.83. The standard InChI is InChI=1S/C15H20N2.C15H23NO.C14H19N3.C14H21NO2.2C14H19NS/c1-10(2)5-13-6-12(11(3)4)7-15-14(13)8-16-9-17-15;1-10(2)13-8-12-6-5-7-17-15(12)14(9-13)16-11(3)4;1-9(2)11-7-12-14(16-6-5-15-12)13(8-11)17-10(3)4;1-9(2)11-7-12(15-10(3)4)14-13(8-11)16-5-6-17-14;1-9(2)11-7-13(15-10(3)4)12-5-6-16-14(12)8-11;1-9(2)12-7-11-5-6-16-14(11)13(8-12)15-10(3)4/h6-11H,5H2,1-4H3;8-11,16H,5-7H2,1-4H3;5-10,17H,1-4H3;7-10,15H,5-6H2,1-4H3;2*5-10,15H,1-4H3. The van der Waals surface area contributed by atoms with Crippen LogP contribution in [-0.4, -0.2) is 70.0 Å². The van der Waals surface area contributed by atoms with Crippen molar-refractivity contribution in [3.8, 4) is 17.2 Å². The molecule has 0 bridgehead atoms. The molecule has 4 aromatic heterocycles. The van der Waals surface area contributed by atoms with Crippen LogP contribution in [0.4, 0.5) is 28.4 Å². The molecule has 6 aromatic carbocycles. The third-order valence-corrected chi connectivity index (χ3v) is 18.9. The van der Waals surface area contributed by atoms with Crippen molar-refractivity contribution in [2.45, 2.75) is 251 Å². The van der Waals surface area contributed by atoms with Gasteiger partial charge in [0.1, 0.15) is 30.8 Å². The number of hydrogen-bond acceptors (Lipinski definition) is 14. The van der Waals surface area contributed by atoms with Gasteiger partial charge < -0.3 is 40.8 Å². The van der Waals surface area contributed by atoms with Gasteiger partial charge in [-0.3, -0.25) is 9.97 Å². The first-order chi connectivity index (χ1) is 47.5. The number of aromatic nitrogens is 4. The zero-order chi connectivity index (χ0) is 73.1. The molecule has 0 fully saturated rings. The quantitative estimate of drug-likeness (QED) is 0.0559. The Hall–Kier alpha value is -7.68. The van der Waals surface area contributed by atoms with Crippen molar-refractivity contribution in [2.24, 2.45) is 5.92 Å². The summed E-state index contributed by atoms with van der Waals surface area (Å²) in [5, 5.41) is 25.7. The topological polar surface area (TPSA) is 139 Å². The summed E-state index contributed by atoms with van der Waals surface area (Å²) in [4.78, 5) is 17.3. The smallest absolute Gasteiger partial charge is 0.184 e. The summed E-state index contributed by atoms with van der Waals surface area (Å²) in [7, 11) is 0. The lowest BCUT2D eigenvalue weighted by atomic mass is 9.93. The molecular formula is C86H121N9O3S2. The van der Waals surface area contributed by atoms with E-state index < -0.39 is 0 Å². The zero-order valence-electron chi connectivity index (χ0n) is 65.0. The van der Waals surface area contributed by atoms with Crippen LogP contribution in [0.2, 0.25) is 0 Å². The molecule has 0 radical (unpaired) electrons. The summed E-state index contributed by atoms with van der Waals surface area (Å²) in [5.41, 5.74) is 19.7. The molecule has 100 heavy (non-hydrogen) atoms. The van der Waals surface area contributed by atoms with Gasteiger partial charge in [-0.1, -0.05) is 109 Å². The second-order valence-corrected chi connectivity index (χ2v) is 32.4. The molecule has 0 atom stereocenters. The van der Waals surface area contributed by atoms with Gasteiger partial charge >= 0.3 is 0 Å². The fourth-order valence-electron chi connectivity index (χ4n) is 11.9.